The number of H-pyrrole nitrogens is 1. The molecule has 2 aromatic heterocycles. The molecule has 1 aliphatic heterocycles. The molecule has 1 aromatic carbocycles. The summed E-state index contributed by atoms with van der Waals surface area (Å²) < 4.78 is 1.94. The maximum Gasteiger partial charge on any atom is 0.253 e. The summed E-state index contributed by atoms with van der Waals surface area (Å²) in [7, 11) is 0. The van der Waals surface area contributed by atoms with E-state index in [-0.39, 0.29) is 17.1 Å². The summed E-state index contributed by atoms with van der Waals surface area (Å²) in [5, 5.41) is 14.1. The number of aromatic nitrogens is 5. The largest absolute Gasteiger partial charge is 0.321 e. The lowest BCUT2D eigenvalue weighted by atomic mass is 9.93. The first kappa shape index (κ1) is 25.1. The number of rotatable bonds is 6. The maximum absolute atomic E-state index is 13.6. The Morgan fingerprint density at radius 3 is 2.50 bits per heavy atom. The molecule has 1 aliphatic carbocycles. The lowest BCUT2D eigenvalue weighted by molar-refractivity contribution is 0.0603. The summed E-state index contributed by atoms with van der Waals surface area (Å²) in [6.07, 6.45) is 7.59. The molecular formula is C28H41N7O. The van der Waals surface area contributed by atoms with Gasteiger partial charge >= 0.3 is 0 Å². The van der Waals surface area contributed by atoms with E-state index in [1.807, 2.05) is 4.68 Å². The molecule has 1 saturated heterocycles. The van der Waals surface area contributed by atoms with E-state index in [2.05, 4.69) is 83.1 Å². The van der Waals surface area contributed by atoms with E-state index >= 15 is 0 Å². The molecule has 36 heavy (non-hydrogen) atoms. The van der Waals surface area contributed by atoms with Crippen molar-refractivity contribution in [3.8, 4) is 0 Å². The second-order valence-electron chi connectivity index (χ2n) is 11.4. The Morgan fingerprint density at radius 1 is 1.08 bits per heavy atom. The van der Waals surface area contributed by atoms with Crippen molar-refractivity contribution in [3.05, 3.63) is 51.1 Å². The molecule has 0 bridgehead atoms. The van der Waals surface area contributed by atoms with E-state index in [1.165, 1.54) is 37.7 Å². The Hall–Kier alpha value is -2.58. The average Bonchev–Trinajstić information content (AvgIpc) is 3.39. The number of piperazine rings is 1. The van der Waals surface area contributed by atoms with Gasteiger partial charge in [0.1, 0.15) is 6.04 Å². The molecule has 0 radical (unpaired) electrons. The van der Waals surface area contributed by atoms with Gasteiger partial charge in [0, 0.05) is 37.8 Å². The van der Waals surface area contributed by atoms with Crippen LogP contribution in [-0.4, -0.2) is 67.2 Å². The molecule has 0 spiro atoms. The van der Waals surface area contributed by atoms with Crippen LogP contribution in [0.5, 0.6) is 0 Å². The van der Waals surface area contributed by atoms with Crippen molar-refractivity contribution >= 4 is 10.9 Å². The Kier molecular flexibility index (Phi) is 7.01. The molecule has 3 heterocycles. The van der Waals surface area contributed by atoms with Gasteiger partial charge < -0.3 is 4.98 Å². The Morgan fingerprint density at radius 2 is 1.81 bits per heavy atom. The second-order valence-corrected chi connectivity index (χ2v) is 11.4. The van der Waals surface area contributed by atoms with Crippen molar-refractivity contribution < 1.29 is 0 Å². The molecule has 1 N–H and O–H groups in total. The van der Waals surface area contributed by atoms with Crippen molar-refractivity contribution in [1.82, 2.24) is 35.0 Å². The Balaban J connectivity index is 1.55. The Bertz CT molecular complexity index is 1260. The zero-order valence-corrected chi connectivity index (χ0v) is 22.5. The topological polar surface area (TPSA) is 82.9 Å². The van der Waals surface area contributed by atoms with Crippen molar-refractivity contribution in [2.24, 2.45) is 0 Å². The molecule has 1 unspecified atom stereocenters. The maximum atomic E-state index is 13.6. The summed E-state index contributed by atoms with van der Waals surface area (Å²) in [6.45, 7) is 14.4. The van der Waals surface area contributed by atoms with Crippen LogP contribution in [0.25, 0.3) is 10.9 Å². The highest BCUT2D eigenvalue weighted by Crippen LogP contribution is 2.33. The fourth-order valence-electron chi connectivity index (χ4n) is 6.00. The molecule has 2 fully saturated rings. The Labute approximate surface area is 214 Å². The first-order chi connectivity index (χ1) is 17.3. The fraction of sp³-hybridized carbons (Fsp3) is 0.643. The minimum atomic E-state index is -0.297. The van der Waals surface area contributed by atoms with Crippen LogP contribution < -0.4 is 5.56 Å². The van der Waals surface area contributed by atoms with Crippen LogP contribution in [0.2, 0.25) is 0 Å². The molecule has 1 atom stereocenters. The highest BCUT2D eigenvalue weighted by atomic mass is 16.1. The van der Waals surface area contributed by atoms with Gasteiger partial charge in [-0.05, 0) is 80.0 Å². The summed E-state index contributed by atoms with van der Waals surface area (Å²) in [6, 6.07) is 6.71. The van der Waals surface area contributed by atoms with Crippen LogP contribution in [0.15, 0.2) is 23.0 Å². The fourth-order valence-corrected chi connectivity index (χ4v) is 6.00. The number of aryl methyl sites for hydroxylation is 2. The van der Waals surface area contributed by atoms with E-state index in [9.17, 15) is 4.79 Å². The van der Waals surface area contributed by atoms with Crippen LogP contribution >= 0.6 is 0 Å². The lowest BCUT2D eigenvalue weighted by Crippen LogP contribution is -2.52. The summed E-state index contributed by atoms with van der Waals surface area (Å²) >= 11 is 0. The predicted octanol–water partition coefficient (Wildman–Crippen LogP) is 4.32. The van der Waals surface area contributed by atoms with Crippen molar-refractivity contribution in [1.29, 1.82) is 0 Å². The number of nitrogens with one attached hydrogen (secondary N) is 1. The van der Waals surface area contributed by atoms with Crippen molar-refractivity contribution in [2.75, 3.05) is 26.2 Å². The third-order valence-electron chi connectivity index (χ3n) is 8.86. The number of aromatic amines is 1. The highest BCUT2D eigenvalue weighted by molar-refractivity contribution is 5.83. The lowest BCUT2D eigenvalue weighted by Gasteiger charge is -2.43. The van der Waals surface area contributed by atoms with Gasteiger partial charge in [0.25, 0.3) is 5.56 Å². The van der Waals surface area contributed by atoms with E-state index in [0.717, 1.165) is 60.5 Å². The third kappa shape index (κ3) is 4.61. The van der Waals surface area contributed by atoms with Crippen LogP contribution in [0.3, 0.4) is 0 Å². The highest BCUT2D eigenvalue weighted by Gasteiger charge is 2.36. The van der Waals surface area contributed by atoms with Gasteiger partial charge in [-0.2, -0.15) is 0 Å². The van der Waals surface area contributed by atoms with Crippen LogP contribution in [0, 0.1) is 13.8 Å². The van der Waals surface area contributed by atoms with E-state index in [4.69, 9.17) is 0 Å². The quantitative estimate of drug-likeness (QED) is 0.553. The van der Waals surface area contributed by atoms with Gasteiger partial charge in [-0.25, -0.2) is 4.68 Å². The molecular weight excluding hydrogens is 450 g/mol. The summed E-state index contributed by atoms with van der Waals surface area (Å²) in [5.74, 6) is 0.752. The molecule has 5 rings (SSSR count). The van der Waals surface area contributed by atoms with Crippen LogP contribution in [0.1, 0.15) is 87.9 Å². The van der Waals surface area contributed by atoms with E-state index < -0.39 is 0 Å². The van der Waals surface area contributed by atoms with Crippen molar-refractivity contribution in [3.63, 3.8) is 0 Å². The molecule has 0 amide bonds. The summed E-state index contributed by atoms with van der Waals surface area (Å²) in [4.78, 5) is 21.9. The number of hydrogen-bond acceptors (Lipinski definition) is 6. The number of hydrogen-bond donors (Lipinski definition) is 1. The van der Waals surface area contributed by atoms with Crippen molar-refractivity contribution in [2.45, 2.75) is 90.8 Å². The van der Waals surface area contributed by atoms with Gasteiger partial charge in [-0.3, -0.25) is 14.6 Å². The number of benzene rings is 1. The molecule has 8 heteroatoms. The number of tetrazole rings is 1. The average molecular weight is 492 g/mol. The van der Waals surface area contributed by atoms with Gasteiger partial charge in [0.15, 0.2) is 5.82 Å². The standard InChI is InChI=1S/C28H41N7O/c1-6-28(4,5)35-26(30-31-32-35)25(34-16-14-33(15-17-34)22-10-8-7-9-11-22)23-18-21-13-12-19(2)20(3)24(21)29-27(23)36/h12-13,18,22,25H,6-11,14-17H2,1-5H3,(H,29,36). The third-order valence-corrected chi connectivity index (χ3v) is 8.86. The van der Waals surface area contributed by atoms with Gasteiger partial charge in [0.05, 0.1) is 11.1 Å². The smallest absolute Gasteiger partial charge is 0.253 e. The first-order valence-corrected chi connectivity index (χ1v) is 13.7. The monoisotopic (exact) mass is 491 g/mol. The summed E-state index contributed by atoms with van der Waals surface area (Å²) in [5.41, 5.74) is 3.62. The van der Waals surface area contributed by atoms with E-state index in [0.29, 0.717) is 6.04 Å². The first-order valence-electron chi connectivity index (χ1n) is 13.7. The zero-order valence-electron chi connectivity index (χ0n) is 22.5. The van der Waals surface area contributed by atoms with Gasteiger partial charge in [0.2, 0.25) is 0 Å². The zero-order chi connectivity index (χ0) is 25.4. The van der Waals surface area contributed by atoms with Gasteiger partial charge in [-0.15, -0.1) is 5.10 Å². The normalized spacial score (nSPS) is 19.7. The molecule has 3 aromatic rings. The van der Waals surface area contributed by atoms with E-state index in [1.54, 1.807) is 0 Å². The molecule has 2 aliphatic rings. The molecule has 1 saturated carbocycles. The number of pyridine rings is 1. The molecule has 8 nitrogen and oxygen atoms in total. The van der Waals surface area contributed by atoms with Crippen LogP contribution in [-0.2, 0) is 5.54 Å². The SMILES string of the molecule is CCC(C)(C)n1nnnc1C(c1cc2ccc(C)c(C)c2[nH]c1=O)N1CCN(C2CCCCC2)CC1. The number of fused-ring (bicyclic) bond motifs is 1. The second kappa shape index (κ2) is 10.1. The number of nitrogens with zero attached hydrogens (tertiary/aromatic N) is 6. The van der Waals surface area contributed by atoms with Crippen LogP contribution in [0.4, 0.5) is 0 Å². The minimum Gasteiger partial charge on any atom is -0.321 e. The minimum absolute atomic E-state index is 0.0558. The predicted molar refractivity (Wildman–Crippen MR) is 143 cm³/mol. The van der Waals surface area contributed by atoms with Gasteiger partial charge in [-0.1, -0.05) is 38.3 Å². The molecule has 194 valence electrons.